The maximum absolute atomic E-state index is 6.20. The van der Waals surface area contributed by atoms with E-state index in [0.29, 0.717) is 16.7 Å². The molecule has 0 aliphatic rings. The number of aryl methyl sites for hydroxylation is 1. The fourth-order valence-corrected chi connectivity index (χ4v) is 3.71. The first-order valence-corrected chi connectivity index (χ1v) is 10.1. The van der Waals surface area contributed by atoms with Crippen molar-refractivity contribution < 1.29 is 4.74 Å². The standard InChI is InChI=1S/C22H20BrCl2NO/c1-14-4-3-5-21(15(14)2)26-12-16-6-9-22(19(23)10-16)27-13-17-7-8-18(24)11-20(17)25/h3-11,26H,12-13H2,1-2H3. The van der Waals surface area contributed by atoms with Gasteiger partial charge in [0, 0.05) is 27.8 Å². The van der Waals surface area contributed by atoms with Crippen molar-refractivity contribution >= 4 is 44.8 Å². The van der Waals surface area contributed by atoms with Crippen LogP contribution in [0.1, 0.15) is 22.3 Å². The molecule has 27 heavy (non-hydrogen) atoms. The Balaban J connectivity index is 1.64. The summed E-state index contributed by atoms with van der Waals surface area (Å²) in [5.74, 6) is 0.775. The summed E-state index contributed by atoms with van der Waals surface area (Å²) >= 11 is 15.7. The van der Waals surface area contributed by atoms with Gasteiger partial charge in [0.05, 0.1) is 4.47 Å². The molecule has 1 N–H and O–H groups in total. The van der Waals surface area contributed by atoms with Crippen molar-refractivity contribution in [3.05, 3.63) is 91.4 Å². The highest BCUT2D eigenvalue weighted by Crippen LogP contribution is 2.29. The van der Waals surface area contributed by atoms with Crippen molar-refractivity contribution in [1.82, 2.24) is 0 Å². The van der Waals surface area contributed by atoms with Crippen LogP contribution in [0.25, 0.3) is 0 Å². The first-order chi connectivity index (χ1) is 12.9. The van der Waals surface area contributed by atoms with Gasteiger partial charge in [-0.2, -0.15) is 0 Å². The maximum Gasteiger partial charge on any atom is 0.134 e. The van der Waals surface area contributed by atoms with E-state index >= 15 is 0 Å². The first-order valence-electron chi connectivity index (χ1n) is 8.59. The van der Waals surface area contributed by atoms with E-state index < -0.39 is 0 Å². The number of nitrogens with one attached hydrogen (secondary N) is 1. The van der Waals surface area contributed by atoms with Gasteiger partial charge in [-0.3, -0.25) is 0 Å². The summed E-state index contributed by atoms with van der Waals surface area (Å²) in [6.07, 6.45) is 0. The Morgan fingerprint density at radius 3 is 2.56 bits per heavy atom. The lowest BCUT2D eigenvalue weighted by molar-refractivity contribution is 0.304. The summed E-state index contributed by atoms with van der Waals surface area (Å²) in [4.78, 5) is 0. The van der Waals surface area contributed by atoms with Gasteiger partial charge in [-0.05, 0) is 76.8 Å². The van der Waals surface area contributed by atoms with Crippen LogP contribution in [0.5, 0.6) is 5.75 Å². The highest BCUT2D eigenvalue weighted by molar-refractivity contribution is 9.10. The van der Waals surface area contributed by atoms with E-state index in [0.717, 1.165) is 28.0 Å². The Morgan fingerprint density at radius 2 is 1.81 bits per heavy atom. The van der Waals surface area contributed by atoms with Gasteiger partial charge < -0.3 is 10.1 Å². The smallest absolute Gasteiger partial charge is 0.134 e. The number of hydrogen-bond donors (Lipinski definition) is 1. The summed E-state index contributed by atoms with van der Waals surface area (Å²) in [5, 5.41) is 4.72. The fourth-order valence-electron chi connectivity index (χ4n) is 2.71. The lowest BCUT2D eigenvalue weighted by Gasteiger charge is -2.13. The molecule has 0 atom stereocenters. The molecule has 3 rings (SSSR count). The second-order valence-corrected chi connectivity index (χ2v) is 8.09. The number of benzene rings is 3. The van der Waals surface area contributed by atoms with Gasteiger partial charge in [0.1, 0.15) is 12.4 Å². The summed E-state index contributed by atoms with van der Waals surface area (Å²) in [6.45, 7) is 5.38. The molecule has 0 unspecified atom stereocenters. The predicted octanol–water partition coefficient (Wildman–Crippen LogP) is 7.56. The second kappa shape index (κ2) is 9.01. The molecule has 0 amide bonds. The van der Waals surface area contributed by atoms with Crippen LogP contribution in [0.2, 0.25) is 10.0 Å². The maximum atomic E-state index is 6.20. The van der Waals surface area contributed by atoms with Crippen LogP contribution in [0.3, 0.4) is 0 Å². The van der Waals surface area contributed by atoms with Crippen LogP contribution >= 0.6 is 39.1 Å². The lowest BCUT2D eigenvalue weighted by atomic mass is 10.1. The van der Waals surface area contributed by atoms with E-state index in [1.165, 1.54) is 16.7 Å². The number of hydrogen-bond acceptors (Lipinski definition) is 2. The van der Waals surface area contributed by atoms with Crippen LogP contribution in [-0.4, -0.2) is 0 Å². The second-order valence-electron chi connectivity index (χ2n) is 6.39. The largest absolute Gasteiger partial charge is 0.488 e. The molecule has 0 heterocycles. The molecule has 0 bridgehead atoms. The zero-order valence-corrected chi connectivity index (χ0v) is 18.3. The molecule has 0 fully saturated rings. The number of anilines is 1. The molecule has 0 saturated heterocycles. The molecule has 5 heteroatoms. The lowest BCUT2D eigenvalue weighted by Crippen LogP contribution is -2.02. The zero-order valence-electron chi connectivity index (χ0n) is 15.2. The van der Waals surface area contributed by atoms with Crippen LogP contribution in [0, 0.1) is 13.8 Å². The van der Waals surface area contributed by atoms with E-state index in [2.05, 4.69) is 65.4 Å². The normalized spacial score (nSPS) is 10.7. The minimum Gasteiger partial charge on any atom is -0.488 e. The highest BCUT2D eigenvalue weighted by atomic mass is 79.9. The molecule has 3 aromatic carbocycles. The van der Waals surface area contributed by atoms with Gasteiger partial charge in [0.15, 0.2) is 0 Å². The molecule has 0 aliphatic carbocycles. The van der Waals surface area contributed by atoms with Crippen molar-refractivity contribution in [3.63, 3.8) is 0 Å². The molecule has 140 valence electrons. The van der Waals surface area contributed by atoms with Gasteiger partial charge in [0.25, 0.3) is 0 Å². The molecule has 0 saturated carbocycles. The van der Waals surface area contributed by atoms with E-state index in [1.54, 1.807) is 6.07 Å². The third-order valence-electron chi connectivity index (χ3n) is 4.48. The fraction of sp³-hybridized carbons (Fsp3) is 0.182. The third kappa shape index (κ3) is 5.19. The number of halogens is 3. The molecule has 0 aliphatic heterocycles. The third-order valence-corrected chi connectivity index (χ3v) is 5.69. The minimum absolute atomic E-state index is 0.384. The van der Waals surface area contributed by atoms with Gasteiger partial charge in [-0.1, -0.05) is 47.5 Å². The van der Waals surface area contributed by atoms with E-state index in [4.69, 9.17) is 27.9 Å². The van der Waals surface area contributed by atoms with Crippen molar-refractivity contribution in [3.8, 4) is 5.75 Å². The average molecular weight is 465 g/mol. The van der Waals surface area contributed by atoms with E-state index in [-0.39, 0.29) is 0 Å². The van der Waals surface area contributed by atoms with Gasteiger partial charge in [-0.25, -0.2) is 0 Å². The number of ether oxygens (including phenoxy) is 1. The summed E-state index contributed by atoms with van der Waals surface area (Å²) < 4.78 is 6.81. The Kier molecular flexibility index (Phi) is 6.69. The Bertz CT molecular complexity index is 959. The molecular weight excluding hydrogens is 445 g/mol. The van der Waals surface area contributed by atoms with Gasteiger partial charge in [0.2, 0.25) is 0 Å². The van der Waals surface area contributed by atoms with E-state index in [1.807, 2.05) is 18.2 Å². The monoisotopic (exact) mass is 463 g/mol. The Labute approximate surface area is 178 Å². The zero-order chi connectivity index (χ0) is 19.4. The quantitative estimate of drug-likeness (QED) is 0.406. The predicted molar refractivity (Wildman–Crippen MR) is 118 cm³/mol. The van der Waals surface area contributed by atoms with Crippen LogP contribution in [0.15, 0.2) is 59.1 Å². The van der Waals surface area contributed by atoms with Gasteiger partial charge in [-0.15, -0.1) is 0 Å². The van der Waals surface area contributed by atoms with Gasteiger partial charge >= 0.3 is 0 Å². The van der Waals surface area contributed by atoms with Crippen LogP contribution in [0.4, 0.5) is 5.69 Å². The van der Waals surface area contributed by atoms with Crippen molar-refractivity contribution in [2.45, 2.75) is 27.0 Å². The highest BCUT2D eigenvalue weighted by Gasteiger charge is 2.07. The molecular formula is C22H20BrCl2NO. The molecule has 2 nitrogen and oxygen atoms in total. The van der Waals surface area contributed by atoms with Crippen molar-refractivity contribution in [1.29, 1.82) is 0 Å². The SMILES string of the molecule is Cc1cccc(NCc2ccc(OCc3ccc(Cl)cc3Cl)c(Br)c2)c1C. The first kappa shape index (κ1) is 20.1. The van der Waals surface area contributed by atoms with Crippen LogP contribution in [-0.2, 0) is 13.2 Å². The van der Waals surface area contributed by atoms with E-state index in [9.17, 15) is 0 Å². The molecule has 0 spiro atoms. The molecule has 3 aromatic rings. The Hall–Kier alpha value is -1.68. The number of rotatable bonds is 6. The molecule has 0 radical (unpaired) electrons. The topological polar surface area (TPSA) is 21.3 Å². The Morgan fingerprint density at radius 1 is 1.00 bits per heavy atom. The van der Waals surface area contributed by atoms with Crippen molar-refractivity contribution in [2.75, 3.05) is 5.32 Å². The molecule has 0 aromatic heterocycles. The van der Waals surface area contributed by atoms with Crippen LogP contribution < -0.4 is 10.1 Å². The van der Waals surface area contributed by atoms with Crippen molar-refractivity contribution in [2.24, 2.45) is 0 Å². The summed E-state index contributed by atoms with van der Waals surface area (Å²) in [7, 11) is 0. The average Bonchev–Trinajstić information content (AvgIpc) is 2.63. The summed E-state index contributed by atoms with van der Waals surface area (Å²) in [5.41, 5.74) is 5.78. The minimum atomic E-state index is 0.384. The summed E-state index contributed by atoms with van der Waals surface area (Å²) in [6, 6.07) is 17.8.